The number of aliphatic carboxylic acids is 1. The predicted octanol–water partition coefficient (Wildman–Crippen LogP) is 3.64. The molecule has 0 heterocycles. The highest BCUT2D eigenvalue weighted by Crippen LogP contribution is 2.21. The van der Waals surface area contributed by atoms with Crippen molar-refractivity contribution < 1.29 is 23.4 Å². The summed E-state index contributed by atoms with van der Waals surface area (Å²) in [6, 6.07) is 10.0. The van der Waals surface area contributed by atoms with Gasteiger partial charge in [-0.3, -0.25) is 0 Å². The first kappa shape index (κ1) is 14.7. The molecule has 0 bridgehead atoms. The molecule has 0 aliphatic carbocycles. The SMILES string of the molecule is O=C(O)C=Cc1ccccc1OCc1ccc(F)cc1F. The minimum absolute atomic E-state index is 0.0793. The molecule has 2 aromatic rings. The van der Waals surface area contributed by atoms with E-state index in [-0.39, 0.29) is 12.2 Å². The number of hydrogen-bond acceptors (Lipinski definition) is 2. The fraction of sp³-hybridized carbons (Fsp3) is 0.0625. The average molecular weight is 290 g/mol. The summed E-state index contributed by atoms with van der Waals surface area (Å²) in [6.07, 6.45) is 2.37. The standard InChI is InChI=1S/C16H12F2O3/c17-13-7-5-12(14(18)9-13)10-21-15-4-2-1-3-11(15)6-8-16(19)20/h1-9H,10H2,(H,19,20). The average Bonchev–Trinajstić information content (AvgIpc) is 2.45. The van der Waals surface area contributed by atoms with Crippen LogP contribution in [0.25, 0.3) is 6.08 Å². The van der Waals surface area contributed by atoms with Gasteiger partial charge in [0.05, 0.1) is 0 Å². The summed E-state index contributed by atoms with van der Waals surface area (Å²) in [5.41, 5.74) is 0.774. The lowest BCUT2D eigenvalue weighted by Crippen LogP contribution is -2.00. The minimum Gasteiger partial charge on any atom is -0.488 e. The van der Waals surface area contributed by atoms with Crippen LogP contribution < -0.4 is 4.74 Å². The van der Waals surface area contributed by atoms with Gasteiger partial charge in [0.2, 0.25) is 0 Å². The summed E-state index contributed by atoms with van der Waals surface area (Å²) in [5.74, 6) is -2.00. The van der Waals surface area contributed by atoms with Gasteiger partial charge in [-0.1, -0.05) is 18.2 Å². The van der Waals surface area contributed by atoms with Crippen molar-refractivity contribution >= 4 is 12.0 Å². The molecule has 108 valence electrons. The van der Waals surface area contributed by atoms with Gasteiger partial charge in [0, 0.05) is 23.3 Å². The number of rotatable bonds is 5. The third kappa shape index (κ3) is 4.14. The topological polar surface area (TPSA) is 46.5 Å². The summed E-state index contributed by atoms with van der Waals surface area (Å²) in [7, 11) is 0. The molecule has 1 N–H and O–H groups in total. The van der Waals surface area contributed by atoms with E-state index in [0.717, 1.165) is 18.2 Å². The molecule has 0 spiro atoms. The smallest absolute Gasteiger partial charge is 0.328 e. The first-order valence-electron chi connectivity index (χ1n) is 6.13. The first-order valence-corrected chi connectivity index (χ1v) is 6.13. The molecular weight excluding hydrogens is 278 g/mol. The van der Waals surface area contributed by atoms with Crippen molar-refractivity contribution in [3.05, 3.63) is 71.3 Å². The molecule has 0 aliphatic heterocycles. The van der Waals surface area contributed by atoms with Crippen LogP contribution >= 0.6 is 0 Å². The number of hydrogen-bond donors (Lipinski definition) is 1. The summed E-state index contributed by atoms with van der Waals surface area (Å²) < 4.78 is 31.8. The van der Waals surface area contributed by atoms with Crippen LogP contribution in [0.3, 0.4) is 0 Å². The molecule has 3 nitrogen and oxygen atoms in total. The molecule has 2 rings (SSSR count). The first-order chi connectivity index (χ1) is 10.1. The Balaban J connectivity index is 2.14. The van der Waals surface area contributed by atoms with Crippen molar-refractivity contribution in [1.82, 2.24) is 0 Å². The van der Waals surface area contributed by atoms with Crippen molar-refractivity contribution in [1.29, 1.82) is 0 Å². The summed E-state index contributed by atoms with van der Waals surface area (Å²) in [6.45, 7) is -0.0793. The largest absolute Gasteiger partial charge is 0.488 e. The van der Waals surface area contributed by atoms with Crippen molar-refractivity contribution in [2.45, 2.75) is 6.61 Å². The van der Waals surface area contributed by atoms with Crippen molar-refractivity contribution in [3.8, 4) is 5.75 Å². The molecule has 0 unspecified atom stereocenters. The lowest BCUT2D eigenvalue weighted by molar-refractivity contribution is -0.131. The summed E-state index contributed by atoms with van der Waals surface area (Å²) in [4.78, 5) is 10.5. The van der Waals surface area contributed by atoms with E-state index < -0.39 is 17.6 Å². The Morgan fingerprint density at radius 2 is 1.95 bits per heavy atom. The predicted molar refractivity (Wildman–Crippen MR) is 73.8 cm³/mol. The van der Waals surface area contributed by atoms with Gasteiger partial charge in [0.15, 0.2) is 0 Å². The second kappa shape index (κ2) is 6.65. The van der Waals surface area contributed by atoms with E-state index in [9.17, 15) is 13.6 Å². The highest BCUT2D eigenvalue weighted by atomic mass is 19.1. The minimum atomic E-state index is -1.07. The number of carbonyl (C=O) groups is 1. The maximum absolute atomic E-state index is 13.5. The van der Waals surface area contributed by atoms with Crippen molar-refractivity contribution in [2.24, 2.45) is 0 Å². The van der Waals surface area contributed by atoms with Crippen LogP contribution in [0.15, 0.2) is 48.5 Å². The summed E-state index contributed by atoms with van der Waals surface area (Å²) in [5, 5.41) is 8.62. The van der Waals surface area contributed by atoms with Crippen LogP contribution in [0, 0.1) is 11.6 Å². The number of carboxylic acids is 1. The number of ether oxygens (including phenoxy) is 1. The maximum atomic E-state index is 13.5. The quantitative estimate of drug-likeness (QED) is 0.855. The van der Waals surface area contributed by atoms with E-state index in [2.05, 4.69) is 0 Å². The molecule has 0 saturated heterocycles. The van der Waals surface area contributed by atoms with Crippen LogP contribution in [-0.4, -0.2) is 11.1 Å². The van der Waals surface area contributed by atoms with Gasteiger partial charge in [0.1, 0.15) is 24.0 Å². The van der Waals surface area contributed by atoms with Crippen LogP contribution in [0.2, 0.25) is 0 Å². The Hall–Kier alpha value is -2.69. The van der Waals surface area contributed by atoms with Gasteiger partial charge in [0.25, 0.3) is 0 Å². The highest BCUT2D eigenvalue weighted by Gasteiger charge is 2.06. The highest BCUT2D eigenvalue weighted by molar-refractivity contribution is 5.85. The number of benzene rings is 2. The van der Waals surface area contributed by atoms with Gasteiger partial charge < -0.3 is 9.84 Å². The zero-order valence-corrected chi connectivity index (χ0v) is 10.9. The van der Waals surface area contributed by atoms with Crippen LogP contribution in [0.4, 0.5) is 8.78 Å². The van der Waals surface area contributed by atoms with E-state index >= 15 is 0 Å². The fourth-order valence-corrected chi connectivity index (χ4v) is 1.70. The zero-order chi connectivity index (χ0) is 15.2. The number of halogens is 2. The molecule has 0 fully saturated rings. The van der Waals surface area contributed by atoms with Crippen molar-refractivity contribution in [3.63, 3.8) is 0 Å². The molecular formula is C16H12F2O3. The van der Waals surface area contributed by atoms with Gasteiger partial charge in [-0.05, 0) is 24.3 Å². The Kier molecular flexibility index (Phi) is 4.66. The van der Waals surface area contributed by atoms with Gasteiger partial charge in [-0.15, -0.1) is 0 Å². The van der Waals surface area contributed by atoms with E-state index in [4.69, 9.17) is 9.84 Å². The zero-order valence-electron chi connectivity index (χ0n) is 10.9. The van der Waals surface area contributed by atoms with Gasteiger partial charge >= 0.3 is 5.97 Å². The molecule has 5 heteroatoms. The molecule has 21 heavy (non-hydrogen) atoms. The normalized spacial score (nSPS) is 10.8. The van der Waals surface area contributed by atoms with Crippen LogP contribution in [0.1, 0.15) is 11.1 Å². The third-order valence-corrected chi connectivity index (χ3v) is 2.72. The monoisotopic (exact) mass is 290 g/mol. The molecule has 0 amide bonds. The van der Waals surface area contributed by atoms with E-state index in [1.54, 1.807) is 24.3 Å². The van der Waals surface area contributed by atoms with Crippen LogP contribution in [0.5, 0.6) is 5.75 Å². The Labute approximate surface area is 120 Å². The lowest BCUT2D eigenvalue weighted by atomic mass is 10.2. The van der Waals surface area contributed by atoms with Gasteiger partial charge in [-0.25, -0.2) is 13.6 Å². The fourth-order valence-electron chi connectivity index (χ4n) is 1.70. The number of carboxylic acid groups (broad SMARTS) is 1. The Morgan fingerprint density at radius 3 is 2.67 bits per heavy atom. The number of para-hydroxylation sites is 1. The maximum Gasteiger partial charge on any atom is 0.328 e. The molecule has 0 saturated carbocycles. The van der Waals surface area contributed by atoms with Crippen LogP contribution in [-0.2, 0) is 11.4 Å². The molecule has 0 atom stereocenters. The third-order valence-electron chi connectivity index (χ3n) is 2.72. The van der Waals surface area contributed by atoms with Crippen molar-refractivity contribution in [2.75, 3.05) is 0 Å². The molecule has 0 aromatic heterocycles. The second-order valence-corrected chi connectivity index (χ2v) is 4.23. The second-order valence-electron chi connectivity index (χ2n) is 4.23. The van der Waals surface area contributed by atoms with E-state index in [0.29, 0.717) is 11.3 Å². The molecule has 0 radical (unpaired) electrons. The van der Waals surface area contributed by atoms with E-state index in [1.165, 1.54) is 12.1 Å². The molecule has 0 aliphatic rings. The Bertz CT molecular complexity index is 681. The lowest BCUT2D eigenvalue weighted by Gasteiger charge is -2.09. The van der Waals surface area contributed by atoms with E-state index in [1.807, 2.05) is 0 Å². The molecule has 2 aromatic carbocycles. The van der Waals surface area contributed by atoms with Gasteiger partial charge in [-0.2, -0.15) is 0 Å². The Morgan fingerprint density at radius 1 is 1.19 bits per heavy atom. The summed E-state index contributed by atoms with van der Waals surface area (Å²) >= 11 is 0.